The summed E-state index contributed by atoms with van der Waals surface area (Å²) in [6, 6.07) is 9.72. The summed E-state index contributed by atoms with van der Waals surface area (Å²) in [6.45, 7) is 5.98. The molecular weight excluding hydrogens is 568 g/mol. The fraction of sp³-hybridized carbons (Fsp3) is 0.333. The molecule has 0 saturated heterocycles. The maximum atomic E-state index is 13.1. The van der Waals surface area contributed by atoms with Crippen molar-refractivity contribution < 1.29 is 14.3 Å². The quantitative estimate of drug-likeness (QED) is 0.325. The van der Waals surface area contributed by atoms with Crippen LogP contribution in [0.3, 0.4) is 0 Å². The Morgan fingerprint density at radius 3 is 2.59 bits per heavy atom. The zero-order chi connectivity index (χ0) is 21.1. The van der Waals surface area contributed by atoms with Gasteiger partial charge in [-0.1, -0.05) is 66.0 Å². The Labute approximate surface area is 195 Å². The lowest BCUT2D eigenvalue weighted by Crippen LogP contribution is -2.28. The summed E-state index contributed by atoms with van der Waals surface area (Å²) in [4.78, 5) is 17.6. The van der Waals surface area contributed by atoms with Gasteiger partial charge in [0.25, 0.3) is 0 Å². The van der Waals surface area contributed by atoms with E-state index in [1.807, 2.05) is 44.2 Å². The molecule has 2 aromatic rings. The second-order valence-corrected chi connectivity index (χ2v) is 10.6. The van der Waals surface area contributed by atoms with E-state index in [1.165, 1.54) is 0 Å². The van der Waals surface area contributed by atoms with E-state index in [-0.39, 0.29) is 22.4 Å². The molecule has 0 spiro atoms. The molecule has 154 valence electrons. The second-order valence-electron chi connectivity index (χ2n) is 6.67. The van der Waals surface area contributed by atoms with E-state index >= 15 is 0 Å². The van der Waals surface area contributed by atoms with Crippen molar-refractivity contribution in [3.8, 4) is 5.88 Å². The van der Waals surface area contributed by atoms with Crippen molar-refractivity contribution in [1.82, 2.24) is 4.98 Å². The highest BCUT2D eigenvalue weighted by molar-refractivity contribution is 9.24. The van der Waals surface area contributed by atoms with Gasteiger partial charge in [0, 0.05) is 16.4 Å². The molecule has 0 bridgehead atoms. The number of anilines is 1. The van der Waals surface area contributed by atoms with Crippen LogP contribution in [0, 0.1) is 0 Å². The highest BCUT2D eigenvalue weighted by atomic mass is 79.9. The van der Waals surface area contributed by atoms with E-state index in [2.05, 4.69) is 58.1 Å². The van der Waals surface area contributed by atoms with Gasteiger partial charge in [0.2, 0.25) is 5.88 Å². The standard InChI is InChI=1S/C21H21Br3N2O3/c1-4-28-21(27)17-15(12-7-5-6-8-13(12)22)16-14(26-18(17)19(23)24)9-10-25-20(16)29-11(2)3/h5-11,15,19,26H,4H2,1-3H3. The summed E-state index contributed by atoms with van der Waals surface area (Å²) in [5, 5.41) is 3.37. The number of aromatic nitrogens is 1. The molecule has 5 nitrogen and oxygen atoms in total. The summed E-state index contributed by atoms with van der Waals surface area (Å²) < 4.78 is 12.1. The molecule has 1 aromatic heterocycles. The van der Waals surface area contributed by atoms with Gasteiger partial charge in [0.1, 0.15) is 3.74 Å². The van der Waals surface area contributed by atoms with Crippen LogP contribution < -0.4 is 10.1 Å². The lowest BCUT2D eigenvalue weighted by atomic mass is 9.81. The van der Waals surface area contributed by atoms with Crippen molar-refractivity contribution in [2.45, 2.75) is 36.5 Å². The van der Waals surface area contributed by atoms with Gasteiger partial charge < -0.3 is 14.8 Å². The maximum Gasteiger partial charge on any atom is 0.336 e. The molecule has 1 aromatic carbocycles. The van der Waals surface area contributed by atoms with E-state index in [9.17, 15) is 4.79 Å². The first-order valence-corrected chi connectivity index (χ1v) is 11.8. The van der Waals surface area contributed by atoms with Crippen LogP contribution >= 0.6 is 47.8 Å². The van der Waals surface area contributed by atoms with Crippen LogP contribution in [0.15, 0.2) is 52.3 Å². The molecule has 1 unspecified atom stereocenters. The molecule has 0 fully saturated rings. The number of rotatable bonds is 6. The average molecular weight is 589 g/mol. The number of carbonyl (C=O) groups is 1. The number of pyridine rings is 1. The highest BCUT2D eigenvalue weighted by Crippen LogP contribution is 2.49. The maximum absolute atomic E-state index is 13.1. The third-order valence-corrected chi connectivity index (χ3v) is 6.01. The Hall–Kier alpha value is -1.38. The van der Waals surface area contributed by atoms with Crippen molar-refractivity contribution >= 4 is 59.4 Å². The summed E-state index contributed by atoms with van der Waals surface area (Å²) in [5.41, 5.74) is 3.77. The Morgan fingerprint density at radius 2 is 1.97 bits per heavy atom. The van der Waals surface area contributed by atoms with Gasteiger partial charge in [-0.25, -0.2) is 9.78 Å². The number of nitrogens with one attached hydrogen (secondary N) is 1. The van der Waals surface area contributed by atoms with Gasteiger partial charge in [-0.2, -0.15) is 0 Å². The largest absolute Gasteiger partial charge is 0.475 e. The molecule has 1 atom stereocenters. The van der Waals surface area contributed by atoms with Crippen molar-refractivity contribution in [3.05, 3.63) is 63.4 Å². The molecule has 0 radical (unpaired) electrons. The lowest BCUT2D eigenvalue weighted by Gasteiger charge is -2.33. The van der Waals surface area contributed by atoms with E-state index < -0.39 is 5.92 Å². The number of halogens is 3. The molecule has 1 aliphatic rings. The predicted molar refractivity (Wildman–Crippen MR) is 125 cm³/mol. The molecule has 0 amide bonds. The summed E-state index contributed by atoms with van der Waals surface area (Å²) in [7, 11) is 0. The number of carbonyl (C=O) groups excluding carboxylic acids is 1. The lowest BCUT2D eigenvalue weighted by molar-refractivity contribution is -0.138. The van der Waals surface area contributed by atoms with Crippen LogP contribution in [0.2, 0.25) is 0 Å². The van der Waals surface area contributed by atoms with Crippen LogP contribution in [0.5, 0.6) is 5.88 Å². The number of nitrogens with zero attached hydrogens (tertiary/aromatic N) is 1. The average Bonchev–Trinajstić information content (AvgIpc) is 2.67. The van der Waals surface area contributed by atoms with E-state index in [0.29, 0.717) is 17.2 Å². The molecular formula is C21H21Br3N2O3. The Morgan fingerprint density at radius 1 is 1.24 bits per heavy atom. The van der Waals surface area contributed by atoms with Crippen molar-refractivity contribution in [2.24, 2.45) is 0 Å². The number of hydrogen-bond acceptors (Lipinski definition) is 5. The molecule has 1 N–H and O–H groups in total. The van der Waals surface area contributed by atoms with E-state index in [4.69, 9.17) is 9.47 Å². The molecule has 3 rings (SSSR count). The molecule has 29 heavy (non-hydrogen) atoms. The van der Waals surface area contributed by atoms with Crippen LogP contribution in [-0.2, 0) is 9.53 Å². The monoisotopic (exact) mass is 586 g/mol. The first-order chi connectivity index (χ1) is 13.8. The van der Waals surface area contributed by atoms with Crippen molar-refractivity contribution in [3.63, 3.8) is 0 Å². The van der Waals surface area contributed by atoms with Gasteiger partial charge in [0.15, 0.2) is 0 Å². The number of esters is 1. The molecule has 8 heteroatoms. The highest BCUT2D eigenvalue weighted by Gasteiger charge is 2.39. The van der Waals surface area contributed by atoms with Gasteiger partial charge in [-0.3, -0.25) is 0 Å². The van der Waals surface area contributed by atoms with E-state index in [0.717, 1.165) is 21.3 Å². The fourth-order valence-corrected chi connectivity index (χ4v) is 4.54. The zero-order valence-corrected chi connectivity index (χ0v) is 21.0. The Balaban J connectivity index is 2.33. The molecule has 0 aliphatic carbocycles. The minimum atomic E-state index is -0.420. The van der Waals surface area contributed by atoms with Gasteiger partial charge in [0.05, 0.1) is 35.5 Å². The van der Waals surface area contributed by atoms with Gasteiger partial charge >= 0.3 is 5.97 Å². The number of benzene rings is 1. The van der Waals surface area contributed by atoms with Crippen molar-refractivity contribution in [2.75, 3.05) is 11.9 Å². The molecule has 2 heterocycles. The second kappa shape index (κ2) is 9.62. The zero-order valence-electron chi connectivity index (χ0n) is 16.2. The number of allylic oxidation sites excluding steroid dienone is 1. The SMILES string of the molecule is CCOC(=O)C1=C(C(Br)Br)Nc2ccnc(OC(C)C)c2C1c1ccccc1Br. The van der Waals surface area contributed by atoms with Crippen molar-refractivity contribution in [1.29, 1.82) is 0 Å². The number of ether oxygens (including phenoxy) is 2. The van der Waals surface area contributed by atoms with Gasteiger partial charge in [-0.15, -0.1) is 0 Å². The fourth-order valence-electron chi connectivity index (χ4n) is 3.30. The number of alkyl halides is 2. The summed E-state index contributed by atoms with van der Waals surface area (Å²) >= 11 is 10.8. The molecule has 0 saturated carbocycles. The Kier molecular flexibility index (Phi) is 7.40. The smallest absolute Gasteiger partial charge is 0.336 e. The minimum Gasteiger partial charge on any atom is -0.475 e. The number of fused-ring (bicyclic) bond motifs is 1. The summed E-state index contributed by atoms with van der Waals surface area (Å²) in [6.07, 6.45) is 1.64. The molecule has 1 aliphatic heterocycles. The minimum absolute atomic E-state index is 0.0645. The van der Waals surface area contributed by atoms with Crippen LogP contribution in [0.25, 0.3) is 0 Å². The van der Waals surface area contributed by atoms with E-state index in [1.54, 1.807) is 13.1 Å². The predicted octanol–water partition coefficient (Wildman–Crippen LogP) is 6.12. The Bertz CT molecular complexity index is 945. The third-order valence-electron chi connectivity index (χ3n) is 4.37. The number of hydrogen-bond donors (Lipinski definition) is 1. The first-order valence-electron chi connectivity index (χ1n) is 9.21. The summed E-state index contributed by atoms with van der Waals surface area (Å²) in [5.74, 6) is -0.312. The normalized spacial score (nSPS) is 15.9. The van der Waals surface area contributed by atoms with Crippen LogP contribution in [0.1, 0.15) is 37.8 Å². The van der Waals surface area contributed by atoms with Crippen LogP contribution in [-0.4, -0.2) is 27.4 Å². The van der Waals surface area contributed by atoms with Gasteiger partial charge in [-0.05, 0) is 38.5 Å². The van der Waals surface area contributed by atoms with Crippen LogP contribution in [0.4, 0.5) is 5.69 Å². The topological polar surface area (TPSA) is 60.5 Å². The first kappa shape index (κ1) is 22.3. The third kappa shape index (κ3) is 4.70.